The number of nitrogens with zero attached hydrogens (tertiary/aromatic N) is 1. The molecule has 2 N–H and O–H groups in total. The Morgan fingerprint density at radius 2 is 1.70 bits per heavy atom. The van der Waals surface area contributed by atoms with Crippen LogP contribution in [0.2, 0.25) is 0 Å². The number of nitrogens with one attached hydrogen (secondary N) is 1. The third-order valence-electron chi connectivity index (χ3n) is 4.03. The van der Waals surface area contributed by atoms with Gasteiger partial charge in [-0.3, -0.25) is 4.72 Å². The Hall–Kier alpha value is -2.88. The van der Waals surface area contributed by atoms with E-state index < -0.39 is 10.0 Å². The Morgan fingerprint density at radius 1 is 0.967 bits per heavy atom. The molecule has 4 rings (SSSR count). The first-order chi connectivity index (χ1) is 14.4. The zero-order valence-electron chi connectivity index (χ0n) is 15.3. The van der Waals surface area contributed by atoms with Gasteiger partial charge in [-0.1, -0.05) is 46.3 Å². The van der Waals surface area contributed by atoms with Gasteiger partial charge in [-0.15, -0.1) is 11.3 Å². The minimum atomic E-state index is -3.94. The lowest BCUT2D eigenvalue weighted by Gasteiger charge is -2.11. The minimum absolute atomic E-state index is 0.0158. The Bertz CT molecular complexity index is 1270. The van der Waals surface area contributed by atoms with Gasteiger partial charge in [0.15, 0.2) is 4.21 Å². The molecule has 4 aromatic rings. The summed E-state index contributed by atoms with van der Waals surface area (Å²) in [6, 6.07) is 20.8. The van der Waals surface area contributed by atoms with Gasteiger partial charge in [-0.25, -0.2) is 13.4 Å². The molecule has 0 saturated heterocycles. The third-order valence-corrected chi connectivity index (χ3v) is 7.43. The minimum Gasteiger partial charge on any atom is -0.506 e. The molecule has 1 heterocycles. The van der Waals surface area contributed by atoms with Crippen LogP contribution in [0.1, 0.15) is 0 Å². The smallest absolute Gasteiger partial charge is 0.273 e. The van der Waals surface area contributed by atoms with Crippen molar-refractivity contribution in [3.05, 3.63) is 83.5 Å². The lowest BCUT2D eigenvalue weighted by Crippen LogP contribution is -2.11. The molecule has 0 radical (unpaired) electrons. The highest BCUT2D eigenvalue weighted by molar-refractivity contribution is 9.10. The fraction of sp³-hybridized carbons (Fsp3) is 0. The van der Waals surface area contributed by atoms with E-state index in [0.29, 0.717) is 16.5 Å². The summed E-state index contributed by atoms with van der Waals surface area (Å²) in [5.74, 6) is 0.770. The Morgan fingerprint density at radius 3 is 2.43 bits per heavy atom. The topological polar surface area (TPSA) is 88.5 Å². The molecule has 30 heavy (non-hydrogen) atoms. The molecule has 152 valence electrons. The summed E-state index contributed by atoms with van der Waals surface area (Å²) in [5, 5.41) is 10.7. The first-order valence-electron chi connectivity index (χ1n) is 8.71. The van der Waals surface area contributed by atoms with Gasteiger partial charge in [0.2, 0.25) is 0 Å². The molecule has 0 fully saturated rings. The molecule has 0 unspecified atom stereocenters. The molecular formula is C21H15BrN2O4S2. The van der Waals surface area contributed by atoms with E-state index in [2.05, 4.69) is 25.6 Å². The molecule has 0 aliphatic carbocycles. The van der Waals surface area contributed by atoms with E-state index in [1.54, 1.807) is 18.2 Å². The van der Waals surface area contributed by atoms with Gasteiger partial charge in [0, 0.05) is 16.1 Å². The average molecular weight is 503 g/mol. The fourth-order valence-corrected chi connectivity index (χ4v) is 5.05. The van der Waals surface area contributed by atoms with Crippen LogP contribution in [0, 0.1) is 0 Å². The summed E-state index contributed by atoms with van der Waals surface area (Å²) < 4.78 is 34.7. The summed E-state index contributed by atoms with van der Waals surface area (Å²) in [4.78, 5) is 4.22. The molecule has 9 heteroatoms. The highest BCUT2D eigenvalue weighted by Crippen LogP contribution is 2.34. The van der Waals surface area contributed by atoms with Crippen molar-refractivity contribution < 1.29 is 18.3 Å². The summed E-state index contributed by atoms with van der Waals surface area (Å²) in [5.41, 5.74) is 0.827. The maximum absolute atomic E-state index is 12.8. The van der Waals surface area contributed by atoms with Gasteiger partial charge >= 0.3 is 0 Å². The summed E-state index contributed by atoms with van der Waals surface area (Å²) in [6.45, 7) is 0. The molecule has 0 aliphatic rings. The number of hydrogen-bond donors (Lipinski definition) is 2. The van der Waals surface area contributed by atoms with Crippen LogP contribution in [0.15, 0.2) is 87.7 Å². The van der Waals surface area contributed by atoms with Crippen molar-refractivity contribution in [3.63, 3.8) is 0 Å². The van der Waals surface area contributed by atoms with Crippen LogP contribution in [0.4, 0.5) is 5.69 Å². The second-order valence-electron chi connectivity index (χ2n) is 6.19. The van der Waals surface area contributed by atoms with E-state index in [1.165, 1.54) is 18.3 Å². The van der Waals surface area contributed by atoms with Crippen LogP contribution >= 0.6 is 27.3 Å². The van der Waals surface area contributed by atoms with E-state index in [1.807, 2.05) is 42.5 Å². The molecule has 1 aromatic heterocycles. The SMILES string of the molecule is O=S(=O)(Nc1cc(Oc2ccccc2)ccc1O)c1cnc(-c2ccc(Br)cc2)s1. The van der Waals surface area contributed by atoms with E-state index in [4.69, 9.17) is 4.74 Å². The first-order valence-corrected chi connectivity index (χ1v) is 11.8. The second kappa shape index (κ2) is 8.47. The number of sulfonamides is 1. The number of hydrogen-bond acceptors (Lipinski definition) is 6. The summed E-state index contributed by atoms with van der Waals surface area (Å²) in [6.07, 6.45) is 1.30. The monoisotopic (exact) mass is 502 g/mol. The van der Waals surface area contributed by atoms with Crippen LogP contribution < -0.4 is 9.46 Å². The fourth-order valence-electron chi connectivity index (χ4n) is 2.59. The van der Waals surface area contributed by atoms with E-state index in [0.717, 1.165) is 21.4 Å². The molecule has 0 bridgehead atoms. The van der Waals surface area contributed by atoms with Crippen LogP contribution in [0.25, 0.3) is 10.6 Å². The number of rotatable bonds is 6. The van der Waals surface area contributed by atoms with Gasteiger partial charge in [0.1, 0.15) is 22.3 Å². The van der Waals surface area contributed by atoms with E-state index in [-0.39, 0.29) is 15.6 Å². The lowest BCUT2D eigenvalue weighted by atomic mass is 10.2. The Labute approximate surface area is 186 Å². The van der Waals surface area contributed by atoms with Crippen LogP contribution in [0.5, 0.6) is 17.2 Å². The van der Waals surface area contributed by atoms with Gasteiger partial charge in [-0.05, 0) is 36.4 Å². The number of para-hydroxylation sites is 1. The van der Waals surface area contributed by atoms with Crippen molar-refractivity contribution >= 4 is 43.0 Å². The van der Waals surface area contributed by atoms with Crippen molar-refractivity contribution in [1.29, 1.82) is 0 Å². The third kappa shape index (κ3) is 4.64. The largest absolute Gasteiger partial charge is 0.506 e. The number of phenolic OH excluding ortho intramolecular Hbond substituents is 1. The van der Waals surface area contributed by atoms with E-state index >= 15 is 0 Å². The molecule has 0 spiro atoms. The number of aromatic nitrogens is 1. The number of benzene rings is 3. The molecule has 6 nitrogen and oxygen atoms in total. The van der Waals surface area contributed by atoms with Crippen molar-refractivity contribution in [2.24, 2.45) is 0 Å². The lowest BCUT2D eigenvalue weighted by molar-refractivity contribution is 0.466. The number of ether oxygens (including phenoxy) is 1. The molecule has 0 amide bonds. The number of anilines is 1. The Balaban J connectivity index is 1.57. The molecule has 3 aromatic carbocycles. The predicted molar refractivity (Wildman–Crippen MR) is 121 cm³/mol. The highest BCUT2D eigenvalue weighted by Gasteiger charge is 2.20. The second-order valence-corrected chi connectivity index (χ2v) is 10.0. The van der Waals surface area contributed by atoms with Crippen LogP contribution in [-0.2, 0) is 10.0 Å². The molecule has 0 aliphatic heterocycles. The molecule has 0 saturated carbocycles. The summed E-state index contributed by atoms with van der Waals surface area (Å²) >= 11 is 4.41. The predicted octanol–water partition coefficient (Wildman–Crippen LogP) is 5.87. The number of halogens is 1. The maximum atomic E-state index is 12.8. The van der Waals surface area contributed by atoms with Gasteiger partial charge in [-0.2, -0.15) is 0 Å². The number of phenols is 1. The zero-order chi connectivity index (χ0) is 21.1. The van der Waals surface area contributed by atoms with Crippen molar-refractivity contribution in [2.45, 2.75) is 4.21 Å². The zero-order valence-corrected chi connectivity index (χ0v) is 18.5. The van der Waals surface area contributed by atoms with Gasteiger partial charge < -0.3 is 9.84 Å². The average Bonchev–Trinajstić information content (AvgIpc) is 3.23. The van der Waals surface area contributed by atoms with Gasteiger partial charge in [0.05, 0.1) is 11.9 Å². The first kappa shape index (κ1) is 20.4. The number of aromatic hydroxyl groups is 1. The van der Waals surface area contributed by atoms with Gasteiger partial charge in [0.25, 0.3) is 10.0 Å². The molecule has 0 atom stereocenters. The normalized spacial score (nSPS) is 11.2. The van der Waals surface area contributed by atoms with Crippen molar-refractivity contribution in [2.75, 3.05) is 4.72 Å². The Kier molecular flexibility index (Phi) is 5.76. The highest BCUT2D eigenvalue weighted by atomic mass is 79.9. The standard InChI is InChI=1S/C21H15BrN2O4S2/c22-15-8-6-14(7-9-15)21-23-13-20(29-21)30(26,27)24-18-12-17(10-11-19(18)25)28-16-4-2-1-3-5-16/h1-13,24-25H. The molecular weight excluding hydrogens is 488 g/mol. The maximum Gasteiger partial charge on any atom is 0.273 e. The quantitative estimate of drug-likeness (QED) is 0.321. The van der Waals surface area contributed by atoms with Crippen molar-refractivity contribution in [3.8, 4) is 27.8 Å². The van der Waals surface area contributed by atoms with Crippen LogP contribution in [0.3, 0.4) is 0 Å². The number of thiazole rings is 1. The van der Waals surface area contributed by atoms with Crippen LogP contribution in [-0.4, -0.2) is 18.5 Å². The van der Waals surface area contributed by atoms with Crippen molar-refractivity contribution in [1.82, 2.24) is 4.98 Å². The van der Waals surface area contributed by atoms with E-state index in [9.17, 15) is 13.5 Å². The summed E-state index contributed by atoms with van der Waals surface area (Å²) in [7, 11) is -3.94.